The molecule has 5 rings (SSSR count). The van der Waals surface area contributed by atoms with Crippen molar-refractivity contribution in [1.82, 2.24) is 10.3 Å². The second-order valence-electron chi connectivity index (χ2n) is 7.89. The number of azo groups is 1. The molecule has 0 spiro atoms. The zero-order chi connectivity index (χ0) is 20.7. The Morgan fingerprint density at radius 1 is 1.20 bits per heavy atom. The van der Waals surface area contributed by atoms with Crippen molar-refractivity contribution < 1.29 is 14.3 Å². The number of pyridine rings is 1. The molecule has 7 nitrogen and oxygen atoms in total. The van der Waals surface area contributed by atoms with E-state index in [1.54, 1.807) is 13.2 Å². The molecule has 0 unspecified atom stereocenters. The van der Waals surface area contributed by atoms with Crippen molar-refractivity contribution in [3.63, 3.8) is 0 Å². The number of furan rings is 1. The van der Waals surface area contributed by atoms with E-state index in [1.807, 2.05) is 31.2 Å². The molecule has 1 aromatic carbocycles. The van der Waals surface area contributed by atoms with E-state index in [9.17, 15) is 5.11 Å². The highest BCUT2D eigenvalue weighted by Gasteiger charge is 2.24. The Labute approximate surface area is 174 Å². The van der Waals surface area contributed by atoms with Gasteiger partial charge in [-0.15, -0.1) is 10.2 Å². The van der Waals surface area contributed by atoms with Crippen molar-refractivity contribution >= 4 is 28.6 Å². The van der Waals surface area contributed by atoms with Gasteiger partial charge in [0.1, 0.15) is 17.0 Å². The summed E-state index contributed by atoms with van der Waals surface area (Å²) >= 11 is 0. The van der Waals surface area contributed by atoms with E-state index in [1.165, 1.54) is 0 Å². The third-order valence-corrected chi connectivity index (χ3v) is 5.90. The van der Waals surface area contributed by atoms with Crippen LogP contribution in [-0.4, -0.2) is 30.3 Å². The van der Waals surface area contributed by atoms with Crippen molar-refractivity contribution in [2.24, 2.45) is 16.1 Å². The lowest BCUT2D eigenvalue weighted by Crippen LogP contribution is -2.28. The van der Waals surface area contributed by atoms with E-state index < -0.39 is 0 Å². The molecule has 0 radical (unpaired) electrons. The molecule has 1 saturated heterocycles. The van der Waals surface area contributed by atoms with Crippen LogP contribution in [0.2, 0.25) is 0 Å². The van der Waals surface area contributed by atoms with Crippen molar-refractivity contribution in [3.05, 3.63) is 46.8 Å². The molecule has 2 aromatic heterocycles. The van der Waals surface area contributed by atoms with Crippen molar-refractivity contribution in [3.8, 4) is 11.5 Å². The van der Waals surface area contributed by atoms with E-state index in [0.29, 0.717) is 34.2 Å². The molecule has 3 aromatic rings. The van der Waals surface area contributed by atoms with Gasteiger partial charge in [-0.1, -0.05) is 0 Å². The Kier molecular flexibility index (Phi) is 4.75. The van der Waals surface area contributed by atoms with Gasteiger partial charge in [-0.05, 0) is 69.5 Å². The van der Waals surface area contributed by atoms with Gasteiger partial charge in [0, 0.05) is 22.9 Å². The van der Waals surface area contributed by atoms with Crippen LogP contribution in [0.4, 0.5) is 5.82 Å². The maximum atomic E-state index is 10.9. The highest BCUT2D eigenvalue weighted by Crippen LogP contribution is 2.42. The summed E-state index contributed by atoms with van der Waals surface area (Å²) < 4.78 is 11.8. The Bertz CT molecular complexity index is 1170. The molecule has 7 heteroatoms. The van der Waals surface area contributed by atoms with Gasteiger partial charge < -0.3 is 19.6 Å². The first-order valence-electron chi connectivity index (χ1n) is 10.3. The molecule has 154 valence electrons. The first-order chi connectivity index (χ1) is 14.6. The summed E-state index contributed by atoms with van der Waals surface area (Å²) in [7, 11) is 1.67. The van der Waals surface area contributed by atoms with Gasteiger partial charge in [0.25, 0.3) is 0 Å². The third kappa shape index (κ3) is 3.25. The smallest absolute Gasteiger partial charge is 0.184 e. The zero-order valence-corrected chi connectivity index (χ0v) is 17.1. The number of aryl methyl sites for hydroxylation is 1. The van der Waals surface area contributed by atoms with Crippen molar-refractivity contribution in [1.29, 1.82) is 0 Å². The largest absolute Gasteiger partial charge is 0.504 e. The Morgan fingerprint density at radius 3 is 2.83 bits per heavy atom. The minimum absolute atomic E-state index is 0.107. The molecule has 30 heavy (non-hydrogen) atoms. The zero-order valence-electron chi connectivity index (χ0n) is 17.1. The SMILES string of the molecule is COc1ccc2c(O)c(/C=C3\N=Nc4nc(C)ccc43)oc2c1CC1CCNCC1. The second kappa shape index (κ2) is 7.57. The van der Waals surface area contributed by atoms with E-state index in [2.05, 4.69) is 20.5 Å². The normalized spacial score (nSPS) is 17.7. The van der Waals surface area contributed by atoms with E-state index >= 15 is 0 Å². The molecule has 2 aliphatic heterocycles. The van der Waals surface area contributed by atoms with Crippen LogP contribution in [-0.2, 0) is 6.42 Å². The molecule has 2 aliphatic rings. The number of rotatable bonds is 4. The van der Waals surface area contributed by atoms with Crippen LogP contribution in [0.15, 0.2) is 38.9 Å². The predicted octanol–water partition coefficient (Wildman–Crippen LogP) is 4.99. The number of fused-ring (bicyclic) bond motifs is 2. The second-order valence-corrected chi connectivity index (χ2v) is 7.89. The number of hydrogen-bond donors (Lipinski definition) is 2. The maximum absolute atomic E-state index is 10.9. The van der Waals surface area contributed by atoms with Gasteiger partial charge in [-0.2, -0.15) is 0 Å². The Balaban J connectivity index is 1.57. The van der Waals surface area contributed by atoms with Crippen LogP contribution in [0.25, 0.3) is 22.7 Å². The Morgan fingerprint density at radius 2 is 2.03 bits per heavy atom. The summed E-state index contributed by atoms with van der Waals surface area (Å²) in [6.45, 7) is 3.98. The fourth-order valence-electron chi connectivity index (χ4n) is 4.27. The molecular formula is C23H24N4O3. The summed E-state index contributed by atoms with van der Waals surface area (Å²) in [4.78, 5) is 4.40. The number of aromatic nitrogens is 1. The molecule has 0 bridgehead atoms. The molecule has 0 saturated carbocycles. The average molecular weight is 404 g/mol. The van der Waals surface area contributed by atoms with E-state index in [-0.39, 0.29) is 5.75 Å². The highest BCUT2D eigenvalue weighted by molar-refractivity contribution is 5.95. The topological polar surface area (TPSA) is 92.2 Å². The molecule has 2 N–H and O–H groups in total. The highest BCUT2D eigenvalue weighted by atomic mass is 16.5. The average Bonchev–Trinajstić information content (AvgIpc) is 3.30. The summed E-state index contributed by atoms with van der Waals surface area (Å²) in [6, 6.07) is 7.61. The minimum Gasteiger partial charge on any atom is -0.504 e. The number of hydrogen-bond acceptors (Lipinski definition) is 7. The molecule has 0 aliphatic carbocycles. The molecule has 1 fully saturated rings. The van der Waals surface area contributed by atoms with Crippen LogP contribution in [0.1, 0.15) is 35.4 Å². The number of aromatic hydroxyl groups is 1. The van der Waals surface area contributed by atoms with Gasteiger partial charge in [0.05, 0.1) is 12.5 Å². The lowest BCUT2D eigenvalue weighted by molar-refractivity contribution is 0.360. The quantitative estimate of drug-likeness (QED) is 0.639. The molecule has 0 atom stereocenters. The number of nitrogens with one attached hydrogen (secondary N) is 1. The van der Waals surface area contributed by atoms with E-state index in [0.717, 1.165) is 54.9 Å². The monoisotopic (exact) mass is 404 g/mol. The Hall–Kier alpha value is -3.19. The molecule has 4 heterocycles. The van der Waals surface area contributed by atoms with Crippen LogP contribution in [0.3, 0.4) is 0 Å². The number of methoxy groups -OCH3 is 1. The summed E-state index contributed by atoms with van der Waals surface area (Å²) in [5, 5.41) is 23.3. The number of piperidine rings is 1. The lowest BCUT2D eigenvalue weighted by Gasteiger charge is -2.23. The molecule has 0 amide bonds. The minimum atomic E-state index is 0.107. The van der Waals surface area contributed by atoms with E-state index in [4.69, 9.17) is 9.15 Å². The lowest BCUT2D eigenvalue weighted by atomic mass is 9.90. The van der Waals surface area contributed by atoms with Crippen LogP contribution in [0.5, 0.6) is 11.5 Å². The number of ether oxygens (including phenoxy) is 1. The number of nitrogens with zero attached hydrogens (tertiary/aromatic N) is 3. The standard InChI is InChI=1S/C23H24N4O3/c1-13-3-4-15-18(26-27-23(15)25-13)12-20-21(28)16-5-6-19(29-2)17(22(16)30-20)11-14-7-9-24-10-8-14/h3-6,12,14,24,28H,7-11H2,1-2H3/b18-12-. The maximum Gasteiger partial charge on any atom is 0.184 e. The summed E-state index contributed by atoms with van der Waals surface area (Å²) in [5.41, 5.74) is 4.02. The van der Waals surface area contributed by atoms with Gasteiger partial charge >= 0.3 is 0 Å². The fourth-order valence-corrected chi connectivity index (χ4v) is 4.27. The number of benzene rings is 1. The van der Waals surface area contributed by atoms with Gasteiger partial charge in [-0.3, -0.25) is 0 Å². The summed E-state index contributed by atoms with van der Waals surface area (Å²) in [6.07, 6.45) is 4.82. The first-order valence-corrected chi connectivity index (χ1v) is 10.3. The van der Waals surface area contributed by atoms with Crippen LogP contribution < -0.4 is 10.1 Å². The first kappa shape index (κ1) is 18.8. The fraction of sp³-hybridized carbons (Fsp3) is 0.348. The third-order valence-electron chi connectivity index (χ3n) is 5.90. The van der Waals surface area contributed by atoms with Crippen LogP contribution in [0, 0.1) is 12.8 Å². The summed E-state index contributed by atoms with van der Waals surface area (Å²) in [5.74, 6) is 2.41. The van der Waals surface area contributed by atoms with Gasteiger partial charge in [0.2, 0.25) is 0 Å². The van der Waals surface area contributed by atoms with Crippen molar-refractivity contribution in [2.75, 3.05) is 20.2 Å². The van der Waals surface area contributed by atoms with Crippen LogP contribution >= 0.6 is 0 Å². The van der Waals surface area contributed by atoms with Crippen molar-refractivity contribution in [2.45, 2.75) is 26.2 Å². The predicted molar refractivity (Wildman–Crippen MR) is 115 cm³/mol. The van der Waals surface area contributed by atoms with Gasteiger partial charge in [0.15, 0.2) is 17.3 Å². The molecular weight excluding hydrogens is 380 g/mol. The van der Waals surface area contributed by atoms with Gasteiger partial charge in [-0.25, -0.2) is 4.98 Å².